The van der Waals surface area contributed by atoms with Crippen LogP contribution in [0.2, 0.25) is 0 Å². The van der Waals surface area contributed by atoms with E-state index in [1.54, 1.807) is 12.1 Å². The number of rotatable bonds is 4. The fraction of sp³-hybridized carbons (Fsp3) is 0. The van der Waals surface area contributed by atoms with Crippen molar-refractivity contribution in [2.24, 2.45) is 0 Å². The van der Waals surface area contributed by atoms with Gasteiger partial charge in [-0.1, -0.05) is 97.1 Å². The Morgan fingerprint density at radius 1 is 0.438 bits per heavy atom. The molecular weight excluding hydrogens is 591 g/mol. The van der Waals surface area contributed by atoms with E-state index in [1.165, 1.54) is 0 Å². The smallest absolute Gasteiger partial charge is 0.238 e. The number of fused-ring (bicyclic) bond motifs is 6. The van der Waals surface area contributed by atoms with Gasteiger partial charge in [0.05, 0.1) is 45.0 Å². The fourth-order valence-corrected chi connectivity index (χ4v) is 6.69. The molecular formula is C41H23N7. The van der Waals surface area contributed by atoms with Crippen molar-refractivity contribution in [1.29, 1.82) is 10.5 Å². The van der Waals surface area contributed by atoms with Crippen LogP contribution in [0.3, 0.4) is 0 Å². The first kappa shape index (κ1) is 27.2. The van der Waals surface area contributed by atoms with Crippen LogP contribution >= 0.6 is 0 Å². The van der Waals surface area contributed by atoms with Crippen LogP contribution < -0.4 is 0 Å². The van der Waals surface area contributed by atoms with Crippen LogP contribution in [0, 0.1) is 22.7 Å². The summed E-state index contributed by atoms with van der Waals surface area (Å²) in [6, 6.07) is 50.6. The van der Waals surface area contributed by atoms with Gasteiger partial charge in [-0.2, -0.15) is 20.5 Å². The molecule has 48 heavy (non-hydrogen) atoms. The van der Waals surface area contributed by atoms with Crippen molar-refractivity contribution < 1.29 is 0 Å². The highest BCUT2D eigenvalue weighted by atomic mass is 15.2. The van der Waals surface area contributed by atoms with Gasteiger partial charge in [-0.25, -0.2) is 4.98 Å². The predicted molar refractivity (Wildman–Crippen MR) is 189 cm³/mol. The first-order chi connectivity index (χ1) is 23.7. The monoisotopic (exact) mass is 613 g/mol. The van der Waals surface area contributed by atoms with E-state index in [2.05, 4.69) is 57.7 Å². The molecule has 0 amide bonds. The van der Waals surface area contributed by atoms with E-state index < -0.39 is 0 Å². The van der Waals surface area contributed by atoms with E-state index >= 15 is 0 Å². The summed E-state index contributed by atoms with van der Waals surface area (Å²) in [5.41, 5.74) is 7.26. The van der Waals surface area contributed by atoms with Crippen LogP contribution in [0.15, 0.2) is 140 Å². The van der Waals surface area contributed by atoms with Gasteiger partial charge in [0.25, 0.3) is 0 Å². The lowest BCUT2D eigenvalue weighted by molar-refractivity contribution is 0.954. The number of para-hydroxylation sites is 2. The lowest BCUT2D eigenvalue weighted by atomic mass is 10.1. The zero-order chi connectivity index (χ0) is 32.2. The van der Waals surface area contributed by atoms with E-state index in [-0.39, 0.29) is 0 Å². The number of hydrogen-bond acceptors (Lipinski definition) is 5. The van der Waals surface area contributed by atoms with Gasteiger partial charge in [0.15, 0.2) is 11.6 Å². The van der Waals surface area contributed by atoms with Gasteiger partial charge in [0.1, 0.15) is 6.07 Å². The molecule has 7 heteroatoms. The lowest BCUT2D eigenvalue weighted by Crippen LogP contribution is -2.06. The zero-order valence-electron chi connectivity index (χ0n) is 25.4. The summed E-state index contributed by atoms with van der Waals surface area (Å²) in [5, 5.41) is 23.8. The summed E-state index contributed by atoms with van der Waals surface area (Å²) in [6.07, 6.45) is 0. The Kier molecular flexibility index (Phi) is 6.11. The van der Waals surface area contributed by atoms with E-state index in [1.807, 2.05) is 91.0 Å². The second kappa shape index (κ2) is 10.8. The largest absolute Gasteiger partial charge is 0.308 e. The van der Waals surface area contributed by atoms with Gasteiger partial charge >= 0.3 is 0 Å². The first-order valence-corrected chi connectivity index (χ1v) is 15.5. The molecule has 0 aliphatic heterocycles. The number of aromatic nitrogens is 5. The van der Waals surface area contributed by atoms with Crippen molar-refractivity contribution in [1.82, 2.24) is 24.1 Å². The average Bonchev–Trinajstić information content (AvgIpc) is 3.66. The first-order valence-electron chi connectivity index (χ1n) is 15.5. The van der Waals surface area contributed by atoms with Gasteiger partial charge in [-0.3, -0.25) is 4.57 Å². The van der Waals surface area contributed by atoms with Crippen LogP contribution in [0.5, 0.6) is 0 Å². The summed E-state index contributed by atoms with van der Waals surface area (Å²) in [5.74, 6) is 1.71. The highest BCUT2D eigenvalue weighted by Crippen LogP contribution is 2.40. The minimum absolute atomic E-state index is 0.436. The Hall–Kier alpha value is -7.09. The summed E-state index contributed by atoms with van der Waals surface area (Å²) in [7, 11) is 0. The standard InChI is InChI=1S/C41H23N7/c42-24-26-19-20-34(29(21-26)25-43)47-35-17-9-7-15-30(35)32-23-38-33(22-37(32)47)31-16-8-10-18-36(31)48(38)41-45-39(27-11-3-1-4-12-27)44-40(46-41)28-13-5-2-6-14-28/h1-23H. The van der Waals surface area contributed by atoms with Crippen molar-refractivity contribution in [2.75, 3.05) is 0 Å². The Morgan fingerprint density at radius 3 is 1.52 bits per heavy atom. The van der Waals surface area contributed by atoms with Gasteiger partial charge in [0, 0.05) is 32.7 Å². The maximum absolute atomic E-state index is 10.1. The second-order valence-electron chi connectivity index (χ2n) is 11.6. The topological polar surface area (TPSA) is 96.1 Å². The normalized spacial score (nSPS) is 11.3. The molecule has 9 aromatic rings. The molecule has 6 aromatic carbocycles. The Morgan fingerprint density at radius 2 is 0.958 bits per heavy atom. The number of benzene rings is 6. The number of hydrogen-bond donors (Lipinski definition) is 0. The molecule has 3 aromatic heterocycles. The molecule has 0 saturated carbocycles. The third-order valence-corrected chi connectivity index (χ3v) is 8.84. The molecule has 0 bridgehead atoms. The van der Waals surface area contributed by atoms with Crippen molar-refractivity contribution in [3.63, 3.8) is 0 Å². The van der Waals surface area contributed by atoms with Crippen LogP contribution in [-0.2, 0) is 0 Å². The minimum atomic E-state index is 0.436. The maximum Gasteiger partial charge on any atom is 0.238 e. The summed E-state index contributed by atoms with van der Waals surface area (Å²) < 4.78 is 4.25. The molecule has 0 aliphatic carbocycles. The SMILES string of the molecule is N#Cc1ccc(-n2c3ccccc3c3cc4c(cc32)c2ccccc2n4-c2nc(-c3ccccc3)nc(-c3ccccc3)n2)c(C#N)c1. The van der Waals surface area contributed by atoms with Crippen molar-refractivity contribution in [3.8, 4) is 46.5 Å². The summed E-state index contributed by atoms with van der Waals surface area (Å²) >= 11 is 0. The minimum Gasteiger partial charge on any atom is -0.308 e. The predicted octanol–water partition coefficient (Wildman–Crippen LogP) is 9.14. The Bertz CT molecular complexity index is 2740. The van der Waals surface area contributed by atoms with Gasteiger partial charge in [0.2, 0.25) is 5.95 Å². The van der Waals surface area contributed by atoms with Crippen molar-refractivity contribution >= 4 is 43.6 Å². The van der Waals surface area contributed by atoms with E-state index in [9.17, 15) is 10.5 Å². The number of nitrogens with zero attached hydrogens (tertiary/aromatic N) is 7. The molecule has 9 rings (SSSR count). The third-order valence-electron chi connectivity index (χ3n) is 8.84. The fourth-order valence-electron chi connectivity index (χ4n) is 6.69. The Balaban J connectivity index is 1.39. The van der Waals surface area contributed by atoms with Crippen LogP contribution in [0.1, 0.15) is 11.1 Å². The van der Waals surface area contributed by atoms with Gasteiger partial charge in [-0.05, 0) is 42.5 Å². The molecule has 3 heterocycles. The molecule has 0 unspecified atom stereocenters. The average molecular weight is 614 g/mol. The van der Waals surface area contributed by atoms with Crippen LogP contribution in [-0.4, -0.2) is 24.1 Å². The highest BCUT2D eigenvalue weighted by molar-refractivity contribution is 6.19. The lowest BCUT2D eigenvalue weighted by Gasteiger charge is -2.11. The number of nitriles is 2. The van der Waals surface area contributed by atoms with Crippen LogP contribution in [0.25, 0.3) is 78.0 Å². The molecule has 0 radical (unpaired) electrons. The molecule has 0 N–H and O–H groups in total. The Labute approximate surface area is 274 Å². The molecule has 0 aliphatic rings. The zero-order valence-corrected chi connectivity index (χ0v) is 25.4. The van der Waals surface area contributed by atoms with Gasteiger partial charge < -0.3 is 4.57 Å². The third kappa shape index (κ3) is 4.16. The second-order valence-corrected chi connectivity index (χ2v) is 11.6. The molecule has 0 spiro atoms. The highest BCUT2D eigenvalue weighted by Gasteiger charge is 2.21. The van der Waals surface area contributed by atoms with Crippen molar-refractivity contribution in [2.45, 2.75) is 0 Å². The van der Waals surface area contributed by atoms with E-state index in [0.29, 0.717) is 28.7 Å². The summed E-state index contributed by atoms with van der Waals surface area (Å²) in [6.45, 7) is 0. The molecule has 0 saturated heterocycles. The van der Waals surface area contributed by atoms with E-state index in [4.69, 9.17) is 15.0 Å². The van der Waals surface area contributed by atoms with Crippen molar-refractivity contribution in [3.05, 3.63) is 151 Å². The molecule has 0 fully saturated rings. The van der Waals surface area contributed by atoms with E-state index in [0.717, 1.165) is 60.4 Å². The quantitative estimate of drug-likeness (QED) is 0.197. The van der Waals surface area contributed by atoms with Crippen LogP contribution in [0.4, 0.5) is 0 Å². The molecule has 222 valence electrons. The molecule has 0 atom stereocenters. The maximum atomic E-state index is 10.1. The van der Waals surface area contributed by atoms with Gasteiger partial charge in [-0.15, -0.1) is 0 Å². The summed E-state index contributed by atoms with van der Waals surface area (Å²) in [4.78, 5) is 15.1. The molecule has 7 nitrogen and oxygen atoms in total.